The van der Waals surface area contributed by atoms with E-state index in [1.807, 2.05) is 75.4 Å². The van der Waals surface area contributed by atoms with Crippen LogP contribution in [0.25, 0.3) is 0 Å². The highest BCUT2D eigenvalue weighted by atomic mass is 16.6. The molecule has 1 aliphatic carbocycles. The molecular weight excluding hydrogens is 502 g/mol. The lowest BCUT2D eigenvalue weighted by atomic mass is 9.93. The molecule has 2 N–H and O–H groups in total. The number of nitrogens with one attached hydrogen (secondary N) is 2. The van der Waals surface area contributed by atoms with Gasteiger partial charge in [-0.3, -0.25) is 9.59 Å². The fourth-order valence-corrected chi connectivity index (χ4v) is 5.28. The Labute approximate surface area is 240 Å². The molecule has 7 nitrogen and oxygen atoms in total. The van der Waals surface area contributed by atoms with Crippen LogP contribution in [0.2, 0.25) is 0 Å². The first-order valence-electron chi connectivity index (χ1n) is 14.7. The lowest BCUT2D eigenvalue weighted by molar-refractivity contribution is -0.145. The minimum atomic E-state index is -0.916. The Morgan fingerprint density at radius 3 is 2.27 bits per heavy atom. The van der Waals surface area contributed by atoms with Crippen LogP contribution in [0.4, 0.5) is 4.79 Å². The van der Waals surface area contributed by atoms with Crippen LogP contribution in [0.1, 0.15) is 95.9 Å². The molecule has 3 rings (SSSR count). The number of benzene rings is 2. The number of rotatable bonds is 10. The van der Waals surface area contributed by atoms with Crippen molar-refractivity contribution < 1.29 is 19.1 Å². The maximum Gasteiger partial charge on any atom is 0.408 e. The maximum atomic E-state index is 14.5. The molecule has 3 atom stereocenters. The molecule has 0 radical (unpaired) electrons. The molecule has 7 heteroatoms. The number of amides is 3. The molecule has 40 heavy (non-hydrogen) atoms. The van der Waals surface area contributed by atoms with E-state index in [9.17, 15) is 14.4 Å². The highest BCUT2D eigenvalue weighted by Gasteiger charge is 2.39. The zero-order chi connectivity index (χ0) is 29.3. The van der Waals surface area contributed by atoms with Gasteiger partial charge in [-0.1, -0.05) is 86.3 Å². The standard InChI is InChI=1S/C33H47N3O4/c1-7-24(3)36(29(26-18-14-15-23(2)21-26)30(37)34-27-19-12-9-13-20-27)31(38)28(22-25-16-10-8-11-17-25)35-32(39)40-33(4,5)6/h8,10-11,14-18,21,24,27-29H,7,9,12-13,19-20,22H2,1-6H3,(H,34,37)(H,35,39). The molecule has 0 aromatic heterocycles. The van der Waals surface area contributed by atoms with Gasteiger partial charge in [0.05, 0.1) is 0 Å². The second-order valence-corrected chi connectivity index (χ2v) is 12.1. The van der Waals surface area contributed by atoms with E-state index >= 15 is 0 Å². The molecular formula is C33H47N3O4. The van der Waals surface area contributed by atoms with E-state index < -0.39 is 23.8 Å². The van der Waals surface area contributed by atoms with Crippen molar-refractivity contribution in [3.8, 4) is 0 Å². The molecule has 1 aliphatic rings. The van der Waals surface area contributed by atoms with Crippen molar-refractivity contribution in [1.82, 2.24) is 15.5 Å². The fraction of sp³-hybridized carbons (Fsp3) is 0.545. The van der Waals surface area contributed by atoms with Crippen molar-refractivity contribution in [2.45, 2.75) is 116 Å². The van der Waals surface area contributed by atoms with Crippen molar-refractivity contribution in [1.29, 1.82) is 0 Å². The summed E-state index contributed by atoms with van der Waals surface area (Å²) in [5.74, 6) is -0.490. The number of nitrogens with zero attached hydrogens (tertiary/aromatic N) is 1. The van der Waals surface area contributed by atoms with E-state index in [4.69, 9.17) is 4.74 Å². The molecule has 0 aliphatic heterocycles. The average molecular weight is 550 g/mol. The van der Waals surface area contributed by atoms with Crippen LogP contribution in [0.15, 0.2) is 54.6 Å². The zero-order valence-corrected chi connectivity index (χ0v) is 25.0. The monoisotopic (exact) mass is 549 g/mol. The van der Waals surface area contributed by atoms with Gasteiger partial charge in [0.15, 0.2) is 0 Å². The summed E-state index contributed by atoms with van der Waals surface area (Å²) in [5, 5.41) is 6.10. The van der Waals surface area contributed by atoms with E-state index in [0.29, 0.717) is 6.42 Å². The summed E-state index contributed by atoms with van der Waals surface area (Å²) in [7, 11) is 0. The Morgan fingerprint density at radius 2 is 1.68 bits per heavy atom. The number of carbonyl (C=O) groups excluding carboxylic acids is 3. The van der Waals surface area contributed by atoms with Gasteiger partial charge in [-0.25, -0.2) is 4.79 Å². The summed E-state index contributed by atoms with van der Waals surface area (Å²) in [5.41, 5.74) is 1.96. The Kier molecular flexibility index (Phi) is 11.2. The molecule has 0 spiro atoms. The highest BCUT2D eigenvalue weighted by Crippen LogP contribution is 2.28. The quantitative estimate of drug-likeness (QED) is 0.367. The largest absolute Gasteiger partial charge is 0.444 e. The second kappa shape index (κ2) is 14.3. The fourth-order valence-electron chi connectivity index (χ4n) is 5.28. The number of ether oxygens (including phenoxy) is 1. The van der Waals surface area contributed by atoms with Gasteiger partial charge in [-0.05, 0) is 65.0 Å². The van der Waals surface area contributed by atoms with E-state index in [2.05, 4.69) is 10.6 Å². The minimum absolute atomic E-state index is 0.0995. The van der Waals surface area contributed by atoms with Crippen molar-refractivity contribution in [3.05, 3.63) is 71.3 Å². The summed E-state index contributed by atoms with van der Waals surface area (Å²) in [6.45, 7) is 11.3. The van der Waals surface area contributed by atoms with E-state index in [1.165, 1.54) is 6.42 Å². The molecule has 0 saturated heterocycles. The lowest BCUT2D eigenvalue weighted by Gasteiger charge is -2.39. The molecule has 1 saturated carbocycles. The Bertz CT molecular complexity index is 1120. The first-order chi connectivity index (χ1) is 19.0. The Hall–Kier alpha value is -3.35. The molecule has 2 aromatic rings. The van der Waals surface area contributed by atoms with Crippen LogP contribution in [-0.4, -0.2) is 46.5 Å². The predicted molar refractivity (Wildman–Crippen MR) is 159 cm³/mol. The Balaban J connectivity index is 2.02. The zero-order valence-electron chi connectivity index (χ0n) is 25.0. The minimum Gasteiger partial charge on any atom is -0.444 e. The second-order valence-electron chi connectivity index (χ2n) is 12.1. The van der Waals surface area contributed by atoms with Gasteiger partial charge in [0, 0.05) is 18.5 Å². The molecule has 0 bridgehead atoms. The predicted octanol–water partition coefficient (Wildman–Crippen LogP) is 6.25. The van der Waals surface area contributed by atoms with Gasteiger partial charge in [0.25, 0.3) is 0 Å². The lowest BCUT2D eigenvalue weighted by Crippen LogP contribution is -2.56. The smallest absolute Gasteiger partial charge is 0.408 e. The van der Waals surface area contributed by atoms with Gasteiger partial charge in [0.2, 0.25) is 11.8 Å². The van der Waals surface area contributed by atoms with Crippen molar-refractivity contribution in [2.75, 3.05) is 0 Å². The Morgan fingerprint density at radius 1 is 1.00 bits per heavy atom. The average Bonchev–Trinajstić information content (AvgIpc) is 2.90. The summed E-state index contributed by atoms with van der Waals surface area (Å²) in [4.78, 5) is 43.2. The number of carbonyl (C=O) groups is 3. The number of hydrogen-bond donors (Lipinski definition) is 2. The van der Waals surface area contributed by atoms with Crippen molar-refractivity contribution in [3.63, 3.8) is 0 Å². The first-order valence-corrected chi connectivity index (χ1v) is 14.7. The molecule has 218 valence electrons. The first kappa shape index (κ1) is 31.2. The van der Waals surface area contributed by atoms with Gasteiger partial charge >= 0.3 is 6.09 Å². The van der Waals surface area contributed by atoms with Crippen LogP contribution < -0.4 is 10.6 Å². The van der Waals surface area contributed by atoms with Crippen LogP contribution >= 0.6 is 0 Å². The molecule has 2 aromatic carbocycles. The molecule has 3 unspecified atom stereocenters. The maximum absolute atomic E-state index is 14.5. The van der Waals surface area contributed by atoms with E-state index in [1.54, 1.807) is 25.7 Å². The number of hydrogen-bond acceptors (Lipinski definition) is 4. The third-order valence-electron chi connectivity index (χ3n) is 7.43. The summed E-state index contributed by atoms with van der Waals surface area (Å²) < 4.78 is 5.53. The van der Waals surface area contributed by atoms with Crippen molar-refractivity contribution in [2.24, 2.45) is 0 Å². The van der Waals surface area contributed by atoms with Crippen LogP contribution in [-0.2, 0) is 20.7 Å². The highest BCUT2D eigenvalue weighted by molar-refractivity contribution is 5.92. The normalized spacial score (nSPS) is 16.4. The van der Waals surface area contributed by atoms with Crippen LogP contribution in [0.3, 0.4) is 0 Å². The number of alkyl carbamates (subject to hydrolysis) is 1. The van der Waals surface area contributed by atoms with Gasteiger partial charge in [-0.15, -0.1) is 0 Å². The number of aryl methyl sites for hydroxylation is 1. The van der Waals surface area contributed by atoms with Gasteiger partial charge < -0.3 is 20.3 Å². The topological polar surface area (TPSA) is 87.7 Å². The summed E-state index contributed by atoms with van der Waals surface area (Å²) >= 11 is 0. The summed E-state index contributed by atoms with van der Waals surface area (Å²) in [6.07, 6.45) is 5.51. The van der Waals surface area contributed by atoms with Crippen molar-refractivity contribution >= 4 is 17.9 Å². The summed E-state index contributed by atoms with van der Waals surface area (Å²) in [6, 6.07) is 15.5. The molecule has 3 amide bonds. The van der Waals surface area contributed by atoms with E-state index in [-0.39, 0.29) is 30.3 Å². The third kappa shape index (κ3) is 9.10. The third-order valence-corrected chi connectivity index (χ3v) is 7.43. The van der Waals surface area contributed by atoms with Crippen LogP contribution in [0.5, 0.6) is 0 Å². The molecule has 0 heterocycles. The van der Waals surface area contributed by atoms with Gasteiger partial charge in [-0.2, -0.15) is 0 Å². The van der Waals surface area contributed by atoms with Gasteiger partial charge in [0.1, 0.15) is 17.7 Å². The van der Waals surface area contributed by atoms with E-state index in [0.717, 1.165) is 42.4 Å². The SMILES string of the molecule is CCC(C)N(C(=O)C(Cc1ccccc1)NC(=O)OC(C)(C)C)C(C(=O)NC1CCCCC1)c1cccc(C)c1. The molecule has 1 fully saturated rings. The van der Waals surface area contributed by atoms with Crippen LogP contribution in [0, 0.1) is 6.92 Å².